The monoisotopic (exact) mass is 895 g/mol. The minimum atomic E-state index is -0.531. The van der Waals surface area contributed by atoms with Crippen molar-refractivity contribution in [3.05, 3.63) is 146 Å². The number of nitrogen functional groups attached to an aromatic ring is 2. The number of carbonyl (C=O) groups is 2. The minimum absolute atomic E-state index is 0.204. The van der Waals surface area contributed by atoms with Crippen LogP contribution in [-0.2, 0) is 9.59 Å². The molecule has 2 fully saturated rings. The second-order valence-corrected chi connectivity index (χ2v) is 17.4. The van der Waals surface area contributed by atoms with E-state index in [1.807, 2.05) is 109 Å². The molecule has 0 aliphatic heterocycles. The van der Waals surface area contributed by atoms with Crippen LogP contribution in [0, 0.1) is 0 Å². The molecule has 0 unspecified atom stereocenters. The maximum absolute atomic E-state index is 11.4. The molecule has 15 heteroatoms. The van der Waals surface area contributed by atoms with Gasteiger partial charge in [-0.2, -0.15) is 0 Å². The van der Waals surface area contributed by atoms with E-state index in [1.165, 1.54) is 12.7 Å². The first-order valence-corrected chi connectivity index (χ1v) is 22.4. The number of primary amides is 2. The van der Waals surface area contributed by atoms with Gasteiger partial charge in [0.05, 0.1) is 10.8 Å². The Balaban J connectivity index is 0.000000168. The van der Waals surface area contributed by atoms with Gasteiger partial charge < -0.3 is 47.3 Å². The van der Waals surface area contributed by atoms with Crippen LogP contribution in [0.25, 0.3) is 44.3 Å². The Hall–Kier alpha value is -8.04. The highest BCUT2D eigenvalue weighted by Crippen LogP contribution is 2.42. The molecule has 4 heterocycles. The Morgan fingerprint density at radius 1 is 0.597 bits per heavy atom. The zero-order valence-corrected chi connectivity index (χ0v) is 37.0. The third-order valence-electron chi connectivity index (χ3n) is 12.8. The molecule has 2 amide bonds. The Morgan fingerprint density at radius 3 is 1.43 bits per heavy atom. The van der Waals surface area contributed by atoms with Crippen molar-refractivity contribution in [2.75, 3.05) is 11.5 Å². The molecular formula is C52H53N11O4. The van der Waals surface area contributed by atoms with E-state index in [-0.39, 0.29) is 30.3 Å². The van der Waals surface area contributed by atoms with Crippen LogP contribution in [0.5, 0.6) is 23.0 Å². The standard InChI is InChI=1S/C26H28N6O2.C26H25N5O2/c27-22(33)14-26(29)12-10-18(11-13-26)32-15-21(23-24(28)30-16-31-25(23)32)17-6-8-20(9-7-17)34-19-4-2-1-3-5-19;27-23(32)14-17-6-10-19(11-7-17)31-15-22(24-25(28)29-16-30-26(24)31)18-8-12-21(13-9-18)33-20-4-2-1-3-5-20/h1-9,15-16,18H,10-14,29H2,(H2,27,33)(H2,28,30,31);1-5,8-9,12-16,19H,6-7,10-11H2,(H2,27,32)(H2,28,29,30). The fraction of sp³-hybridized carbons (Fsp3) is 0.231. The fourth-order valence-electron chi connectivity index (χ4n) is 9.44. The number of aromatic nitrogens is 6. The Bertz CT molecular complexity index is 3040. The van der Waals surface area contributed by atoms with E-state index in [0.717, 1.165) is 124 Å². The largest absolute Gasteiger partial charge is 0.457 e. The number of fused-ring (bicyclic) bond motifs is 2. The maximum atomic E-state index is 11.4. The van der Waals surface area contributed by atoms with Crippen molar-refractivity contribution < 1.29 is 19.1 Å². The van der Waals surface area contributed by atoms with E-state index in [9.17, 15) is 9.59 Å². The maximum Gasteiger partial charge on any atom is 0.241 e. The van der Waals surface area contributed by atoms with Gasteiger partial charge >= 0.3 is 0 Å². The van der Waals surface area contributed by atoms with Crippen molar-refractivity contribution >= 4 is 45.5 Å². The number of hydrogen-bond acceptors (Lipinski definition) is 11. The average Bonchev–Trinajstić information content (AvgIpc) is 3.92. The summed E-state index contributed by atoms with van der Waals surface area (Å²) in [4.78, 5) is 40.2. The molecule has 2 aliphatic rings. The molecule has 4 aromatic carbocycles. The predicted molar refractivity (Wildman–Crippen MR) is 261 cm³/mol. The van der Waals surface area contributed by atoms with Crippen molar-refractivity contribution in [3.63, 3.8) is 0 Å². The number of hydrogen-bond donors (Lipinski definition) is 5. The molecule has 340 valence electrons. The second-order valence-electron chi connectivity index (χ2n) is 17.4. The zero-order valence-electron chi connectivity index (χ0n) is 37.0. The number of nitrogens with zero attached hydrogens (tertiary/aromatic N) is 6. The molecule has 4 aromatic heterocycles. The molecule has 0 spiro atoms. The van der Waals surface area contributed by atoms with Crippen LogP contribution >= 0.6 is 0 Å². The zero-order chi connectivity index (χ0) is 46.5. The normalized spacial score (nSPS) is 18.2. The lowest BCUT2D eigenvalue weighted by atomic mass is 9.78. The molecule has 15 nitrogen and oxygen atoms in total. The third kappa shape index (κ3) is 9.96. The van der Waals surface area contributed by atoms with Crippen molar-refractivity contribution in [1.82, 2.24) is 29.1 Å². The lowest BCUT2D eigenvalue weighted by Crippen LogP contribution is -2.46. The summed E-state index contributed by atoms with van der Waals surface area (Å²) in [6.45, 7) is 0. The van der Waals surface area contributed by atoms with Crippen LogP contribution in [0.1, 0.15) is 69.9 Å². The van der Waals surface area contributed by atoms with Crippen molar-refractivity contribution in [1.29, 1.82) is 0 Å². The molecule has 10 rings (SSSR count). The number of carbonyl (C=O) groups excluding carboxylic acids is 2. The third-order valence-corrected chi connectivity index (χ3v) is 12.8. The topological polar surface area (TPSA) is 244 Å². The lowest BCUT2D eigenvalue weighted by molar-refractivity contribution is -0.119. The molecule has 0 radical (unpaired) electrons. The summed E-state index contributed by atoms with van der Waals surface area (Å²) in [5.41, 5.74) is 36.0. The minimum Gasteiger partial charge on any atom is -0.457 e. The summed E-state index contributed by atoms with van der Waals surface area (Å²) < 4.78 is 16.2. The molecule has 67 heavy (non-hydrogen) atoms. The molecular weight excluding hydrogens is 843 g/mol. The first-order chi connectivity index (χ1) is 32.5. The Morgan fingerprint density at radius 2 is 1.01 bits per heavy atom. The van der Waals surface area contributed by atoms with Crippen LogP contribution < -0.4 is 38.1 Å². The summed E-state index contributed by atoms with van der Waals surface area (Å²) in [7, 11) is 0. The average molecular weight is 896 g/mol. The smallest absolute Gasteiger partial charge is 0.241 e. The number of amides is 2. The SMILES string of the molecule is NC(=O)C=C1CCC(n2cc(-c3ccc(Oc4ccccc4)cc3)c3c(N)ncnc32)CC1.NC(=O)CC1(N)CCC(n2cc(-c3ccc(Oc4ccccc4)cc3)c3c(N)ncnc32)CC1. The first-order valence-electron chi connectivity index (χ1n) is 22.4. The van der Waals surface area contributed by atoms with Crippen LogP contribution in [0.2, 0.25) is 0 Å². The van der Waals surface area contributed by atoms with Gasteiger partial charge in [-0.1, -0.05) is 66.2 Å². The van der Waals surface area contributed by atoms with E-state index >= 15 is 0 Å². The summed E-state index contributed by atoms with van der Waals surface area (Å²) in [5.74, 6) is 3.27. The fourth-order valence-corrected chi connectivity index (χ4v) is 9.44. The van der Waals surface area contributed by atoms with E-state index in [2.05, 4.69) is 41.5 Å². The quantitative estimate of drug-likeness (QED) is 0.0766. The summed E-state index contributed by atoms with van der Waals surface area (Å²) in [5, 5.41) is 1.69. The van der Waals surface area contributed by atoms with Gasteiger partial charge in [-0.05, 0) is 111 Å². The second kappa shape index (κ2) is 19.2. The van der Waals surface area contributed by atoms with Crippen molar-refractivity contribution in [2.24, 2.45) is 17.2 Å². The van der Waals surface area contributed by atoms with E-state index < -0.39 is 5.54 Å². The van der Waals surface area contributed by atoms with Crippen LogP contribution in [0.15, 0.2) is 146 Å². The molecule has 10 N–H and O–H groups in total. The molecule has 0 atom stereocenters. The molecule has 8 aromatic rings. The van der Waals surface area contributed by atoms with Gasteiger partial charge in [-0.25, -0.2) is 19.9 Å². The number of anilines is 2. The molecule has 0 bridgehead atoms. The van der Waals surface area contributed by atoms with E-state index in [0.29, 0.717) is 11.6 Å². The van der Waals surface area contributed by atoms with Crippen LogP contribution in [-0.4, -0.2) is 46.4 Å². The number of benzene rings is 4. The van der Waals surface area contributed by atoms with Gasteiger partial charge in [0.2, 0.25) is 11.8 Å². The number of para-hydroxylation sites is 2. The predicted octanol–water partition coefficient (Wildman–Crippen LogP) is 9.16. The van der Waals surface area contributed by atoms with Crippen molar-refractivity contribution in [3.8, 4) is 45.3 Å². The molecule has 0 saturated heterocycles. The lowest BCUT2D eigenvalue weighted by Gasteiger charge is -2.37. The highest BCUT2D eigenvalue weighted by molar-refractivity contribution is 6.01. The Labute approximate surface area is 387 Å². The molecule has 2 saturated carbocycles. The summed E-state index contributed by atoms with van der Waals surface area (Å²) >= 11 is 0. The first kappa shape index (κ1) is 44.2. The van der Waals surface area contributed by atoms with Gasteiger partial charge in [0.15, 0.2) is 0 Å². The van der Waals surface area contributed by atoms with Gasteiger partial charge in [0.25, 0.3) is 0 Å². The van der Waals surface area contributed by atoms with E-state index in [4.69, 9.17) is 38.1 Å². The molecule has 2 aliphatic carbocycles. The Kier molecular flexibility index (Phi) is 12.7. The van der Waals surface area contributed by atoms with Crippen LogP contribution in [0.3, 0.4) is 0 Å². The van der Waals surface area contributed by atoms with Crippen molar-refractivity contribution in [2.45, 2.75) is 75.4 Å². The van der Waals surface area contributed by atoms with Crippen LogP contribution in [0.4, 0.5) is 11.6 Å². The number of ether oxygens (including phenoxy) is 2. The van der Waals surface area contributed by atoms with E-state index in [1.54, 1.807) is 6.08 Å². The van der Waals surface area contributed by atoms with Gasteiger partial charge in [-0.3, -0.25) is 9.59 Å². The summed E-state index contributed by atoms with van der Waals surface area (Å²) in [6, 6.07) is 35.7. The number of nitrogens with two attached hydrogens (primary N) is 5. The number of rotatable bonds is 11. The highest BCUT2D eigenvalue weighted by atomic mass is 16.5. The van der Waals surface area contributed by atoms with Gasteiger partial charge in [-0.15, -0.1) is 0 Å². The highest BCUT2D eigenvalue weighted by Gasteiger charge is 2.35. The summed E-state index contributed by atoms with van der Waals surface area (Å²) in [6.07, 6.45) is 15.6. The van der Waals surface area contributed by atoms with Gasteiger partial charge in [0, 0.05) is 53.6 Å². The number of allylic oxidation sites excluding steroid dienone is 1. The van der Waals surface area contributed by atoms with Gasteiger partial charge in [0.1, 0.15) is 58.6 Å².